The highest BCUT2D eigenvalue weighted by molar-refractivity contribution is 14.0. The number of benzene rings is 1. The summed E-state index contributed by atoms with van der Waals surface area (Å²) < 4.78 is 0. The third-order valence-electron chi connectivity index (χ3n) is 2.84. The van der Waals surface area contributed by atoms with Crippen molar-refractivity contribution in [2.75, 3.05) is 24.6 Å². The summed E-state index contributed by atoms with van der Waals surface area (Å²) in [5, 5.41) is 8.71. The number of hydrogen-bond donors (Lipinski definition) is 1. The maximum absolute atomic E-state index is 8.71. The molecule has 1 aromatic rings. The first-order chi connectivity index (χ1) is 8.79. The molecule has 2 rings (SSSR count). The quantitative estimate of drug-likeness (QED) is 0.479. The number of hydrogen-bond acceptors (Lipinski definition) is 3. The van der Waals surface area contributed by atoms with E-state index < -0.39 is 0 Å². The molecule has 19 heavy (non-hydrogen) atoms. The number of nitrogens with zero attached hydrogens (tertiary/aromatic N) is 3. The van der Waals surface area contributed by atoms with Crippen LogP contribution in [0.15, 0.2) is 29.3 Å². The SMILES string of the molecule is I.N#Cc1ccc(CN=C(N)N2CCSCC2)cc1. The van der Waals surface area contributed by atoms with Crippen LogP contribution >= 0.6 is 35.7 Å². The zero-order valence-corrected chi connectivity index (χ0v) is 13.7. The van der Waals surface area contributed by atoms with Crippen LogP contribution < -0.4 is 5.73 Å². The van der Waals surface area contributed by atoms with E-state index >= 15 is 0 Å². The van der Waals surface area contributed by atoms with Gasteiger partial charge in [0.05, 0.1) is 18.2 Å². The highest BCUT2D eigenvalue weighted by atomic mass is 127. The molecule has 1 saturated heterocycles. The van der Waals surface area contributed by atoms with Crippen LogP contribution in [0.4, 0.5) is 0 Å². The Bertz CT molecular complexity index is 461. The molecule has 0 spiro atoms. The summed E-state index contributed by atoms with van der Waals surface area (Å²) in [6, 6.07) is 9.54. The predicted molar refractivity (Wildman–Crippen MR) is 90.8 cm³/mol. The second-order valence-electron chi connectivity index (χ2n) is 4.08. The Balaban J connectivity index is 0.00000180. The molecule has 1 aliphatic heterocycles. The van der Waals surface area contributed by atoms with Gasteiger partial charge < -0.3 is 10.6 Å². The van der Waals surface area contributed by atoms with Crippen molar-refractivity contribution in [3.8, 4) is 6.07 Å². The normalized spacial score (nSPS) is 15.5. The molecule has 0 aromatic heterocycles. The van der Waals surface area contributed by atoms with Crippen molar-refractivity contribution in [1.82, 2.24) is 4.90 Å². The number of aliphatic imine (C=N–C) groups is 1. The lowest BCUT2D eigenvalue weighted by molar-refractivity contribution is 0.455. The lowest BCUT2D eigenvalue weighted by Gasteiger charge is -2.27. The minimum atomic E-state index is 0. The van der Waals surface area contributed by atoms with Gasteiger partial charge in [0.15, 0.2) is 5.96 Å². The molecule has 0 radical (unpaired) electrons. The second-order valence-corrected chi connectivity index (χ2v) is 5.31. The summed E-state index contributed by atoms with van der Waals surface area (Å²) in [5.74, 6) is 2.86. The van der Waals surface area contributed by atoms with Gasteiger partial charge in [-0.15, -0.1) is 24.0 Å². The van der Waals surface area contributed by atoms with E-state index in [2.05, 4.69) is 16.0 Å². The fourth-order valence-corrected chi connectivity index (χ4v) is 2.65. The van der Waals surface area contributed by atoms with Crippen molar-refractivity contribution >= 4 is 41.7 Å². The van der Waals surface area contributed by atoms with E-state index in [-0.39, 0.29) is 24.0 Å². The van der Waals surface area contributed by atoms with E-state index in [1.54, 1.807) is 12.1 Å². The Hall–Kier alpha value is -0.940. The lowest BCUT2D eigenvalue weighted by atomic mass is 10.1. The Kier molecular flexibility index (Phi) is 7.02. The fourth-order valence-electron chi connectivity index (χ4n) is 1.75. The Labute approximate surface area is 135 Å². The number of nitrogens with two attached hydrogens (primary N) is 1. The highest BCUT2D eigenvalue weighted by Crippen LogP contribution is 2.09. The number of guanidine groups is 1. The molecule has 6 heteroatoms. The second kappa shape index (κ2) is 8.27. The van der Waals surface area contributed by atoms with Crippen LogP contribution in [0, 0.1) is 11.3 Å². The molecule has 2 N–H and O–H groups in total. The number of halogens is 1. The molecular formula is C13H17IN4S. The van der Waals surface area contributed by atoms with Crippen LogP contribution in [-0.4, -0.2) is 35.5 Å². The van der Waals surface area contributed by atoms with Crippen molar-refractivity contribution in [2.45, 2.75) is 6.54 Å². The van der Waals surface area contributed by atoms with Gasteiger partial charge in [0.1, 0.15) is 0 Å². The zero-order chi connectivity index (χ0) is 12.8. The molecule has 0 unspecified atom stereocenters. The summed E-state index contributed by atoms with van der Waals surface area (Å²) in [5.41, 5.74) is 7.71. The summed E-state index contributed by atoms with van der Waals surface area (Å²) >= 11 is 1.95. The van der Waals surface area contributed by atoms with E-state index in [9.17, 15) is 0 Å². The first kappa shape index (κ1) is 16.1. The minimum absolute atomic E-state index is 0. The topological polar surface area (TPSA) is 65.4 Å². The standard InChI is InChI=1S/C13H16N4S.HI/c14-9-11-1-3-12(4-2-11)10-16-13(15)17-5-7-18-8-6-17;/h1-4H,5-8,10H2,(H2,15,16);1H. The van der Waals surface area contributed by atoms with Gasteiger partial charge in [0.2, 0.25) is 0 Å². The highest BCUT2D eigenvalue weighted by Gasteiger charge is 2.11. The predicted octanol–water partition coefficient (Wildman–Crippen LogP) is 2.04. The molecule has 1 aromatic carbocycles. The Morgan fingerprint density at radius 1 is 1.32 bits per heavy atom. The summed E-state index contributed by atoms with van der Waals surface area (Å²) in [7, 11) is 0. The van der Waals surface area contributed by atoms with Crippen molar-refractivity contribution < 1.29 is 0 Å². The number of thioether (sulfide) groups is 1. The molecule has 0 amide bonds. The number of nitriles is 1. The molecule has 0 bridgehead atoms. The first-order valence-electron chi connectivity index (χ1n) is 5.91. The van der Waals surface area contributed by atoms with Gasteiger partial charge in [-0.25, -0.2) is 4.99 Å². The third kappa shape index (κ3) is 4.91. The van der Waals surface area contributed by atoms with Crippen LogP contribution in [0.1, 0.15) is 11.1 Å². The molecule has 0 saturated carbocycles. The molecular weight excluding hydrogens is 371 g/mol. The molecule has 0 aliphatic carbocycles. The van der Waals surface area contributed by atoms with E-state index in [0.717, 1.165) is 30.2 Å². The van der Waals surface area contributed by atoms with Gasteiger partial charge in [-0.3, -0.25) is 0 Å². The van der Waals surface area contributed by atoms with Crippen LogP contribution in [0.3, 0.4) is 0 Å². The van der Waals surface area contributed by atoms with Crippen molar-refractivity contribution in [3.63, 3.8) is 0 Å². The van der Waals surface area contributed by atoms with Crippen LogP contribution in [0.5, 0.6) is 0 Å². The average Bonchev–Trinajstić information content (AvgIpc) is 2.46. The summed E-state index contributed by atoms with van der Waals surface area (Å²) in [4.78, 5) is 6.53. The minimum Gasteiger partial charge on any atom is -0.370 e. The summed E-state index contributed by atoms with van der Waals surface area (Å²) in [6.07, 6.45) is 0. The molecule has 1 fully saturated rings. The Morgan fingerprint density at radius 3 is 2.53 bits per heavy atom. The fraction of sp³-hybridized carbons (Fsp3) is 0.385. The van der Waals surface area contributed by atoms with Gasteiger partial charge in [-0.1, -0.05) is 12.1 Å². The maximum Gasteiger partial charge on any atom is 0.191 e. The van der Waals surface area contributed by atoms with Crippen molar-refractivity contribution in [1.29, 1.82) is 5.26 Å². The van der Waals surface area contributed by atoms with Crippen LogP contribution in [-0.2, 0) is 6.54 Å². The zero-order valence-electron chi connectivity index (χ0n) is 10.6. The lowest BCUT2D eigenvalue weighted by Crippen LogP contribution is -2.42. The van der Waals surface area contributed by atoms with Crippen molar-refractivity contribution in [3.05, 3.63) is 35.4 Å². The van der Waals surface area contributed by atoms with Crippen LogP contribution in [0.25, 0.3) is 0 Å². The van der Waals surface area contributed by atoms with E-state index in [1.807, 2.05) is 23.9 Å². The van der Waals surface area contributed by atoms with Gasteiger partial charge in [0, 0.05) is 24.6 Å². The van der Waals surface area contributed by atoms with Gasteiger partial charge in [-0.2, -0.15) is 17.0 Å². The Morgan fingerprint density at radius 2 is 1.95 bits per heavy atom. The van der Waals surface area contributed by atoms with Crippen molar-refractivity contribution in [2.24, 2.45) is 10.7 Å². The molecule has 1 heterocycles. The number of rotatable bonds is 2. The molecule has 4 nitrogen and oxygen atoms in total. The van der Waals surface area contributed by atoms with Gasteiger partial charge >= 0.3 is 0 Å². The van der Waals surface area contributed by atoms with Crippen LogP contribution in [0.2, 0.25) is 0 Å². The van der Waals surface area contributed by atoms with Gasteiger partial charge in [0.25, 0.3) is 0 Å². The average molecular weight is 388 g/mol. The van der Waals surface area contributed by atoms with E-state index in [1.165, 1.54) is 0 Å². The molecule has 102 valence electrons. The molecule has 0 atom stereocenters. The third-order valence-corrected chi connectivity index (χ3v) is 3.78. The molecule has 1 aliphatic rings. The largest absolute Gasteiger partial charge is 0.370 e. The maximum atomic E-state index is 8.71. The van der Waals surface area contributed by atoms with E-state index in [4.69, 9.17) is 11.0 Å². The smallest absolute Gasteiger partial charge is 0.191 e. The first-order valence-corrected chi connectivity index (χ1v) is 7.07. The van der Waals surface area contributed by atoms with E-state index in [0.29, 0.717) is 18.1 Å². The van der Waals surface area contributed by atoms with Gasteiger partial charge in [-0.05, 0) is 17.7 Å². The summed E-state index contributed by atoms with van der Waals surface area (Å²) in [6.45, 7) is 2.53. The monoisotopic (exact) mass is 388 g/mol.